The van der Waals surface area contributed by atoms with Gasteiger partial charge in [0.2, 0.25) is 0 Å². The van der Waals surface area contributed by atoms with E-state index in [1.54, 1.807) is 0 Å². The maximum atomic E-state index is 10.3. The second kappa shape index (κ2) is 8.66. The fourth-order valence-electron chi connectivity index (χ4n) is 0.348. The predicted octanol–water partition coefficient (Wildman–Crippen LogP) is -0.530. The molecule has 0 rings (SSSR count). The molecule has 6 nitrogen and oxygen atoms in total. The van der Waals surface area contributed by atoms with Gasteiger partial charge in [0, 0.05) is 13.3 Å². The van der Waals surface area contributed by atoms with E-state index in [9.17, 15) is 9.59 Å². The third kappa shape index (κ3) is 25.0. The van der Waals surface area contributed by atoms with Crippen molar-refractivity contribution >= 4 is 17.7 Å². The largest absolute Gasteiger partial charge is 0.481 e. The van der Waals surface area contributed by atoms with Crippen LogP contribution in [0.4, 0.5) is 0 Å². The highest BCUT2D eigenvalue weighted by atomic mass is 16.4. The molecule has 0 fully saturated rings. The SMILES string of the molecule is CC(=O)O.NCC(=O)CCC(=O)O. The third-order valence-corrected chi connectivity index (χ3v) is 0.845. The highest BCUT2D eigenvalue weighted by Gasteiger charge is 2.01. The van der Waals surface area contributed by atoms with Gasteiger partial charge in [-0.25, -0.2) is 0 Å². The molecular formula is C7H13NO5. The van der Waals surface area contributed by atoms with Crippen LogP contribution in [0.5, 0.6) is 0 Å². The van der Waals surface area contributed by atoms with E-state index in [0.29, 0.717) is 0 Å². The maximum Gasteiger partial charge on any atom is 0.303 e. The zero-order valence-electron chi connectivity index (χ0n) is 7.32. The number of carboxylic acid groups (broad SMARTS) is 2. The van der Waals surface area contributed by atoms with E-state index in [-0.39, 0.29) is 25.2 Å². The van der Waals surface area contributed by atoms with Crippen LogP contribution in [-0.2, 0) is 14.4 Å². The van der Waals surface area contributed by atoms with Crippen LogP contribution in [0.3, 0.4) is 0 Å². The van der Waals surface area contributed by atoms with Crippen LogP contribution in [0.25, 0.3) is 0 Å². The average Bonchev–Trinajstić information content (AvgIpc) is 1.99. The first-order valence-electron chi connectivity index (χ1n) is 3.53. The van der Waals surface area contributed by atoms with Gasteiger partial charge in [-0.15, -0.1) is 0 Å². The number of ketones is 1. The Kier molecular flexibility index (Phi) is 9.41. The van der Waals surface area contributed by atoms with Crippen molar-refractivity contribution < 1.29 is 24.6 Å². The lowest BCUT2D eigenvalue weighted by atomic mass is 10.2. The Labute approximate surface area is 75.3 Å². The summed E-state index contributed by atoms with van der Waals surface area (Å²) in [5, 5.41) is 15.5. The number of hydrogen-bond acceptors (Lipinski definition) is 4. The average molecular weight is 191 g/mol. The zero-order chi connectivity index (χ0) is 10.9. The van der Waals surface area contributed by atoms with Crippen LogP contribution >= 0.6 is 0 Å². The monoisotopic (exact) mass is 191 g/mol. The minimum absolute atomic E-state index is 0.0475. The second-order valence-corrected chi connectivity index (χ2v) is 2.16. The van der Waals surface area contributed by atoms with Gasteiger partial charge in [-0.2, -0.15) is 0 Å². The molecule has 0 heterocycles. The lowest BCUT2D eigenvalue weighted by Crippen LogP contribution is -2.14. The van der Waals surface area contributed by atoms with E-state index in [1.165, 1.54) is 0 Å². The summed E-state index contributed by atoms with van der Waals surface area (Å²) in [4.78, 5) is 29.2. The highest BCUT2D eigenvalue weighted by molar-refractivity contribution is 5.83. The topological polar surface area (TPSA) is 118 Å². The summed E-state index contributed by atoms with van der Waals surface area (Å²) in [6, 6.07) is 0. The Hall–Kier alpha value is -1.43. The molecule has 0 saturated carbocycles. The van der Waals surface area contributed by atoms with Crippen molar-refractivity contribution in [2.45, 2.75) is 19.8 Å². The number of carboxylic acids is 2. The first kappa shape index (κ1) is 14.1. The quantitative estimate of drug-likeness (QED) is 0.549. The summed E-state index contributed by atoms with van der Waals surface area (Å²) >= 11 is 0. The lowest BCUT2D eigenvalue weighted by molar-refractivity contribution is -0.138. The fraction of sp³-hybridized carbons (Fsp3) is 0.571. The maximum absolute atomic E-state index is 10.3. The Bertz CT molecular complexity index is 185. The Balaban J connectivity index is 0. The van der Waals surface area contributed by atoms with Crippen LogP contribution in [0.15, 0.2) is 0 Å². The summed E-state index contributed by atoms with van der Waals surface area (Å²) in [5.41, 5.74) is 4.92. The molecule has 0 saturated heterocycles. The molecular weight excluding hydrogens is 178 g/mol. The molecule has 0 radical (unpaired) electrons. The van der Waals surface area contributed by atoms with Gasteiger partial charge in [0.05, 0.1) is 13.0 Å². The summed E-state index contributed by atoms with van der Waals surface area (Å²) in [7, 11) is 0. The summed E-state index contributed by atoms with van der Waals surface area (Å²) in [5.74, 6) is -2.01. The van der Waals surface area contributed by atoms with E-state index >= 15 is 0 Å². The Morgan fingerprint density at radius 2 is 1.54 bits per heavy atom. The van der Waals surface area contributed by atoms with Crippen molar-refractivity contribution in [1.29, 1.82) is 0 Å². The highest BCUT2D eigenvalue weighted by Crippen LogP contribution is 1.87. The Morgan fingerprint density at radius 3 is 1.77 bits per heavy atom. The molecule has 13 heavy (non-hydrogen) atoms. The minimum Gasteiger partial charge on any atom is -0.481 e. The molecule has 0 aromatic carbocycles. The number of carbonyl (C=O) groups is 3. The van der Waals surface area contributed by atoms with Crippen LogP contribution in [0.1, 0.15) is 19.8 Å². The van der Waals surface area contributed by atoms with E-state index in [1.807, 2.05) is 0 Å². The third-order valence-electron chi connectivity index (χ3n) is 0.845. The van der Waals surface area contributed by atoms with Gasteiger partial charge < -0.3 is 15.9 Å². The summed E-state index contributed by atoms with van der Waals surface area (Å²) in [6.45, 7) is 1.02. The lowest BCUT2D eigenvalue weighted by Gasteiger charge is -1.90. The van der Waals surface area contributed by atoms with Gasteiger partial charge in [0.15, 0.2) is 0 Å². The molecule has 0 spiro atoms. The molecule has 76 valence electrons. The van der Waals surface area contributed by atoms with E-state index < -0.39 is 11.9 Å². The molecule has 0 bridgehead atoms. The van der Waals surface area contributed by atoms with Crippen LogP contribution < -0.4 is 5.73 Å². The van der Waals surface area contributed by atoms with Gasteiger partial charge in [0.25, 0.3) is 5.97 Å². The van der Waals surface area contributed by atoms with E-state index in [0.717, 1.165) is 6.92 Å². The molecule has 6 heteroatoms. The van der Waals surface area contributed by atoms with Gasteiger partial charge in [-0.05, 0) is 0 Å². The van der Waals surface area contributed by atoms with Crippen molar-refractivity contribution in [1.82, 2.24) is 0 Å². The van der Waals surface area contributed by atoms with Crippen molar-refractivity contribution in [2.24, 2.45) is 5.73 Å². The number of rotatable bonds is 4. The van der Waals surface area contributed by atoms with E-state index in [2.05, 4.69) is 0 Å². The van der Waals surface area contributed by atoms with Crippen LogP contribution in [0, 0.1) is 0 Å². The van der Waals surface area contributed by atoms with Crippen molar-refractivity contribution in [3.8, 4) is 0 Å². The van der Waals surface area contributed by atoms with E-state index in [4.69, 9.17) is 20.7 Å². The van der Waals surface area contributed by atoms with Gasteiger partial charge >= 0.3 is 5.97 Å². The molecule has 4 N–H and O–H groups in total. The molecule has 0 aliphatic rings. The molecule has 0 aliphatic heterocycles. The molecule has 0 aromatic heterocycles. The summed E-state index contributed by atoms with van der Waals surface area (Å²) < 4.78 is 0. The number of Topliss-reactive ketones (excluding diaryl/α,β-unsaturated/α-hetero) is 1. The predicted molar refractivity (Wildman–Crippen MR) is 44.2 cm³/mol. The number of aliphatic carboxylic acids is 2. The second-order valence-electron chi connectivity index (χ2n) is 2.16. The first-order valence-corrected chi connectivity index (χ1v) is 3.53. The standard InChI is InChI=1S/C5H9NO3.C2H4O2/c6-3-4(7)1-2-5(8)9;1-2(3)4/h1-3,6H2,(H,8,9);1H3,(H,3,4). The molecule has 0 unspecified atom stereocenters. The van der Waals surface area contributed by atoms with Crippen molar-refractivity contribution in [3.63, 3.8) is 0 Å². The van der Waals surface area contributed by atoms with Crippen molar-refractivity contribution in [3.05, 3.63) is 0 Å². The van der Waals surface area contributed by atoms with Crippen molar-refractivity contribution in [2.75, 3.05) is 6.54 Å². The molecule has 0 aliphatic carbocycles. The minimum atomic E-state index is -0.961. The molecule has 0 atom stereocenters. The molecule has 0 aromatic rings. The van der Waals surface area contributed by atoms with Gasteiger partial charge in [0.1, 0.15) is 5.78 Å². The number of nitrogens with two attached hydrogens (primary N) is 1. The smallest absolute Gasteiger partial charge is 0.303 e. The van der Waals surface area contributed by atoms with Gasteiger partial charge in [-0.3, -0.25) is 14.4 Å². The summed E-state index contributed by atoms with van der Waals surface area (Å²) in [6.07, 6.45) is -0.0676. The van der Waals surface area contributed by atoms with Crippen LogP contribution in [-0.4, -0.2) is 34.5 Å². The number of carbonyl (C=O) groups excluding carboxylic acids is 1. The number of hydrogen-bond donors (Lipinski definition) is 3. The van der Waals surface area contributed by atoms with Crippen LogP contribution in [0.2, 0.25) is 0 Å². The zero-order valence-corrected chi connectivity index (χ0v) is 7.32. The van der Waals surface area contributed by atoms with Gasteiger partial charge in [-0.1, -0.05) is 0 Å². The Morgan fingerprint density at radius 1 is 1.15 bits per heavy atom. The molecule has 0 amide bonds. The first-order chi connectivity index (χ1) is 5.90. The fourth-order valence-corrected chi connectivity index (χ4v) is 0.348. The normalized spacial score (nSPS) is 8.15.